The van der Waals surface area contributed by atoms with E-state index in [1.54, 1.807) is 12.1 Å². The summed E-state index contributed by atoms with van der Waals surface area (Å²) in [5, 5.41) is 0. The number of nitrogens with zero attached hydrogens (tertiary/aromatic N) is 2. The second kappa shape index (κ2) is 13.7. The normalized spacial score (nSPS) is 18.8. The minimum absolute atomic E-state index is 0.107. The minimum atomic E-state index is -0.457. The maximum atomic E-state index is 13.6. The Morgan fingerprint density at radius 1 is 1.03 bits per heavy atom. The van der Waals surface area contributed by atoms with Crippen LogP contribution in [0.1, 0.15) is 64.5 Å². The summed E-state index contributed by atoms with van der Waals surface area (Å²) in [5.74, 6) is 0.662. The van der Waals surface area contributed by atoms with Crippen molar-refractivity contribution in [1.82, 2.24) is 9.80 Å². The highest BCUT2D eigenvalue weighted by molar-refractivity contribution is 5.79. The lowest BCUT2D eigenvalue weighted by Crippen LogP contribution is -2.47. The van der Waals surface area contributed by atoms with Gasteiger partial charge in [0.2, 0.25) is 5.91 Å². The SMILES string of the molecule is CC(C)Oc1ccc(CC(=O)N(Cc2ccc(F)cc2)C2CCN(CCCC3COC(C)(C)OC3)CC2)cc1. The molecular weight excluding hydrogens is 495 g/mol. The highest BCUT2D eigenvalue weighted by atomic mass is 19.1. The van der Waals surface area contributed by atoms with Crippen molar-refractivity contribution in [2.24, 2.45) is 5.92 Å². The summed E-state index contributed by atoms with van der Waals surface area (Å²) in [6.45, 7) is 13.0. The Kier molecular flexibility index (Phi) is 10.4. The van der Waals surface area contributed by atoms with Crippen LogP contribution >= 0.6 is 0 Å². The maximum absolute atomic E-state index is 13.6. The van der Waals surface area contributed by atoms with Crippen molar-refractivity contribution in [2.45, 2.75) is 84.3 Å². The van der Waals surface area contributed by atoms with Crippen LogP contribution in [-0.4, -0.2) is 66.5 Å². The molecule has 2 fully saturated rings. The van der Waals surface area contributed by atoms with Gasteiger partial charge in [-0.3, -0.25) is 4.79 Å². The number of carbonyl (C=O) groups is 1. The number of carbonyl (C=O) groups excluding carboxylic acids is 1. The molecule has 2 aliphatic heterocycles. The molecule has 4 rings (SSSR count). The topological polar surface area (TPSA) is 51.2 Å². The van der Waals surface area contributed by atoms with Crippen molar-refractivity contribution >= 4 is 5.91 Å². The standard InChI is InChI=1S/C32H45FN2O4/c1-24(2)39-30-13-9-25(10-14-30)20-31(36)35(21-26-7-11-28(33)12-8-26)29-15-18-34(19-16-29)17-5-6-27-22-37-32(3,4)38-23-27/h7-14,24,27,29H,5-6,15-23H2,1-4H3. The number of likely N-dealkylation sites (tertiary alicyclic amines) is 1. The number of halogens is 1. The Bertz CT molecular complexity index is 1020. The van der Waals surface area contributed by atoms with E-state index in [0.717, 1.165) is 75.4 Å². The van der Waals surface area contributed by atoms with Crippen LogP contribution in [0, 0.1) is 11.7 Å². The van der Waals surface area contributed by atoms with Gasteiger partial charge in [-0.25, -0.2) is 4.39 Å². The number of hydrogen-bond acceptors (Lipinski definition) is 5. The van der Waals surface area contributed by atoms with Crippen molar-refractivity contribution in [1.29, 1.82) is 0 Å². The van der Waals surface area contributed by atoms with Gasteiger partial charge in [0, 0.05) is 31.6 Å². The minimum Gasteiger partial charge on any atom is -0.491 e. The first-order chi connectivity index (χ1) is 18.7. The lowest BCUT2D eigenvalue weighted by atomic mass is 9.99. The van der Waals surface area contributed by atoms with Crippen LogP contribution in [-0.2, 0) is 27.2 Å². The molecule has 2 heterocycles. The molecular formula is C32H45FN2O4. The average molecular weight is 541 g/mol. The molecule has 214 valence electrons. The number of amides is 1. The predicted octanol–water partition coefficient (Wildman–Crippen LogP) is 5.83. The summed E-state index contributed by atoms with van der Waals surface area (Å²) in [5.41, 5.74) is 1.92. The monoisotopic (exact) mass is 540 g/mol. The van der Waals surface area contributed by atoms with Gasteiger partial charge in [-0.05, 0) is 95.3 Å². The number of benzene rings is 2. The van der Waals surface area contributed by atoms with Gasteiger partial charge in [0.1, 0.15) is 11.6 Å². The van der Waals surface area contributed by atoms with E-state index in [9.17, 15) is 9.18 Å². The van der Waals surface area contributed by atoms with Gasteiger partial charge in [-0.2, -0.15) is 0 Å². The third-order valence-corrected chi connectivity index (χ3v) is 7.65. The van der Waals surface area contributed by atoms with Crippen molar-refractivity contribution in [3.05, 3.63) is 65.5 Å². The van der Waals surface area contributed by atoms with Gasteiger partial charge in [-0.15, -0.1) is 0 Å². The molecule has 7 heteroatoms. The summed E-state index contributed by atoms with van der Waals surface area (Å²) < 4.78 is 30.9. The van der Waals surface area contributed by atoms with Crippen molar-refractivity contribution < 1.29 is 23.4 Å². The summed E-state index contributed by atoms with van der Waals surface area (Å²) in [7, 11) is 0. The molecule has 0 aromatic heterocycles. The number of piperidine rings is 1. The number of rotatable bonds is 11. The maximum Gasteiger partial charge on any atom is 0.227 e. The zero-order valence-electron chi connectivity index (χ0n) is 24.0. The van der Waals surface area contributed by atoms with Gasteiger partial charge in [0.25, 0.3) is 0 Å². The highest BCUT2D eigenvalue weighted by Gasteiger charge is 2.30. The molecule has 0 aliphatic carbocycles. The van der Waals surface area contributed by atoms with E-state index in [1.807, 2.05) is 56.9 Å². The molecule has 2 saturated heterocycles. The fourth-order valence-electron chi connectivity index (χ4n) is 5.39. The predicted molar refractivity (Wildman–Crippen MR) is 151 cm³/mol. The molecule has 0 radical (unpaired) electrons. The first-order valence-electron chi connectivity index (χ1n) is 14.5. The van der Waals surface area contributed by atoms with Crippen LogP contribution in [0.5, 0.6) is 5.75 Å². The van der Waals surface area contributed by atoms with Gasteiger partial charge in [-0.1, -0.05) is 24.3 Å². The molecule has 6 nitrogen and oxygen atoms in total. The molecule has 0 bridgehead atoms. The third-order valence-electron chi connectivity index (χ3n) is 7.65. The van der Waals surface area contributed by atoms with Crippen molar-refractivity contribution in [3.63, 3.8) is 0 Å². The zero-order chi connectivity index (χ0) is 27.8. The fraction of sp³-hybridized carbons (Fsp3) is 0.594. The number of ether oxygens (including phenoxy) is 3. The summed E-state index contributed by atoms with van der Waals surface area (Å²) in [6.07, 6.45) is 4.56. The van der Waals surface area contributed by atoms with E-state index in [1.165, 1.54) is 12.1 Å². The fourth-order valence-corrected chi connectivity index (χ4v) is 5.39. The van der Waals surface area contributed by atoms with E-state index >= 15 is 0 Å². The Labute approximate surface area is 233 Å². The molecule has 0 atom stereocenters. The molecule has 0 unspecified atom stereocenters. The molecule has 0 N–H and O–H groups in total. The molecule has 1 amide bonds. The van der Waals surface area contributed by atoms with E-state index in [-0.39, 0.29) is 23.9 Å². The van der Waals surface area contributed by atoms with Crippen molar-refractivity contribution in [2.75, 3.05) is 32.8 Å². The summed E-state index contributed by atoms with van der Waals surface area (Å²) in [4.78, 5) is 18.1. The van der Waals surface area contributed by atoms with E-state index < -0.39 is 5.79 Å². The zero-order valence-corrected chi connectivity index (χ0v) is 24.0. The Hall–Kier alpha value is -2.48. The largest absolute Gasteiger partial charge is 0.491 e. The van der Waals surface area contributed by atoms with Crippen LogP contribution in [0.4, 0.5) is 4.39 Å². The Morgan fingerprint density at radius 3 is 2.26 bits per heavy atom. The van der Waals surface area contributed by atoms with Gasteiger partial charge in [0.05, 0.1) is 25.7 Å². The highest BCUT2D eigenvalue weighted by Crippen LogP contribution is 2.25. The van der Waals surface area contributed by atoms with E-state index in [0.29, 0.717) is 18.9 Å². The molecule has 2 aromatic carbocycles. The smallest absolute Gasteiger partial charge is 0.227 e. The van der Waals surface area contributed by atoms with Crippen LogP contribution in [0.25, 0.3) is 0 Å². The molecule has 0 spiro atoms. The first-order valence-corrected chi connectivity index (χ1v) is 14.5. The lowest BCUT2D eigenvalue weighted by molar-refractivity contribution is -0.262. The van der Waals surface area contributed by atoms with E-state index in [4.69, 9.17) is 14.2 Å². The average Bonchev–Trinajstić information content (AvgIpc) is 2.90. The molecule has 2 aliphatic rings. The van der Waals surface area contributed by atoms with Crippen LogP contribution in [0.3, 0.4) is 0 Å². The Balaban J connectivity index is 1.31. The van der Waals surface area contributed by atoms with E-state index in [2.05, 4.69) is 4.90 Å². The van der Waals surface area contributed by atoms with Crippen LogP contribution in [0.15, 0.2) is 48.5 Å². The Morgan fingerprint density at radius 2 is 1.64 bits per heavy atom. The summed E-state index contributed by atoms with van der Waals surface area (Å²) in [6, 6.07) is 14.5. The quantitative estimate of drug-likeness (QED) is 0.359. The second-order valence-corrected chi connectivity index (χ2v) is 11.7. The summed E-state index contributed by atoms with van der Waals surface area (Å²) >= 11 is 0. The van der Waals surface area contributed by atoms with Gasteiger partial charge < -0.3 is 24.0 Å². The molecule has 2 aromatic rings. The van der Waals surface area contributed by atoms with Gasteiger partial charge >= 0.3 is 0 Å². The second-order valence-electron chi connectivity index (χ2n) is 11.7. The lowest BCUT2D eigenvalue weighted by Gasteiger charge is -2.39. The number of hydrogen-bond donors (Lipinski definition) is 0. The van der Waals surface area contributed by atoms with Gasteiger partial charge in [0.15, 0.2) is 5.79 Å². The van der Waals surface area contributed by atoms with Crippen LogP contribution < -0.4 is 4.74 Å². The first kappa shape index (κ1) is 29.5. The third kappa shape index (κ3) is 9.30. The molecule has 0 saturated carbocycles. The van der Waals surface area contributed by atoms with Crippen LogP contribution in [0.2, 0.25) is 0 Å². The van der Waals surface area contributed by atoms with Crippen molar-refractivity contribution in [3.8, 4) is 5.75 Å². The molecule has 39 heavy (non-hydrogen) atoms.